The van der Waals surface area contributed by atoms with Crippen LogP contribution in [0, 0.1) is 17.4 Å². The van der Waals surface area contributed by atoms with Crippen LogP contribution in [0.4, 0.5) is 0 Å². The number of methoxy groups -OCH3 is 2. The molecule has 10 heteroatoms. The van der Waals surface area contributed by atoms with E-state index in [0.717, 1.165) is 32.6 Å². The number of aryl methyl sites for hydroxylation is 1. The van der Waals surface area contributed by atoms with Gasteiger partial charge < -0.3 is 18.8 Å². The Labute approximate surface area is 268 Å². The van der Waals surface area contributed by atoms with Crippen LogP contribution in [0.2, 0.25) is 0 Å². The second-order valence-electron chi connectivity index (χ2n) is 10.2. The third kappa shape index (κ3) is 5.82. The topological polar surface area (TPSA) is 84.0 Å². The van der Waals surface area contributed by atoms with Crippen molar-refractivity contribution in [2.24, 2.45) is 4.99 Å². The Morgan fingerprint density at radius 2 is 1.81 bits per heavy atom. The van der Waals surface area contributed by atoms with Crippen molar-refractivity contribution in [3.63, 3.8) is 0 Å². The van der Waals surface area contributed by atoms with Gasteiger partial charge in [-0.2, -0.15) is 0 Å². The van der Waals surface area contributed by atoms with E-state index in [1.165, 1.54) is 11.3 Å². The summed E-state index contributed by atoms with van der Waals surface area (Å²) >= 11 is 3.61. The molecule has 0 bridgehead atoms. The first-order valence-electron chi connectivity index (χ1n) is 14.1. The zero-order valence-electron chi connectivity index (χ0n) is 25.1. The maximum absolute atomic E-state index is 14.3. The first-order valence-corrected chi connectivity index (χ1v) is 16.0. The molecule has 0 unspecified atom stereocenters. The molecular formula is C33H34IN3O5S. The Kier molecular flexibility index (Phi) is 9.26. The lowest BCUT2D eigenvalue weighted by Gasteiger charge is -2.27. The molecule has 1 atom stereocenters. The maximum atomic E-state index is 14.3. The molecule has 0 spiro atoms. The lowest BCUT2D eigenvalue weighted by atomic mass is 9.93. The molecule has 0 aliphatic carbocycles. The lowest BCUT2D eigenvalue weighted by molar-refractivity contribution is -0.139. The molecule has 8 nitrogen and oxygen atoms in total. The van der Waals surface area contributed by atoms with Crippen molar-refractivity contribution in [3.8, 4) is 17.2 Å². The Morgan fingerprint density at radius 1 is 1.07 bits per heavy atom. The SMILES string of the molecule is CCCC1=C(C(=O)OCC)[C@H](c2cc(OC)ccc2OC)n2c(s/c(=C\c3cc(C)n(-c4ccc(I)cc4)c3C)c2=O)=N1. The zero-order chi connectivity index (χ0) is 30.8. The number of allylic oxidation sites excluding steroid dienone is 1. The van der Waals surface area contributed by atoms with Crippen molar-refractivity contribution >= 4 is 46.0 Å². The number of fused-ring (bicyclic) bond motifs is 1. The van der Waals surface area contributed by atoms with E-state index in [9.17, 15) is 9.59 Å². The number of carbonyl (C=O) groups excluding carboxylic acids is 1. The van der Waals surface area contributed by atoms with E-state index in [1.807, 2.05) is 19.1 Å². The molecule has 0 N–H and O–H groups in total. The van der Waals surface area contributed by atoms with E-state index in [-0.39, 0.29) is 12.2 Å². The van der Waals surface area contributed by atoms with Gasteiger partial charge in [-0.15, -0.1) is 0 Å². The van der Waals surface area contributed by atoms with Gasteiger partial charge in [0.2, 0.25) is 0 Å². The fourth-order valence-electron chi connectivity index (χ4n) is 5.53. The third-order valence-corrected chi connectivity index (χ3v) is 9.17. The number of nitrogens with zero attached hydrogens (tertiary/aromatic N) is 3. The molecule has 224 valence electrons. The van der Waals surface area contributed by atoms with Crippen molar-refractivity contribution in [2.45, 2.75) is 46.6 Å². The normalized spacial score (nSPS) is 14.9. The van der Waals surface area contributed by atoms with Gasteiger partial charge in [-0.25, -0.2) is 9.79 Å². The van der Waals surface area contributed by atoms with Gasteiger partial charge in [0.05, 0.1) is 36.6 Å². The fraction of sp³-hybridized carbons (Fsp3) is 0.303. The molecule has 2 aromatic heterocycles. The van der Waals surface area contributed by atoms with Crippen LogP contribution in [-0.2, 0) is 9.53 Å². The van der Waals surface area contributed by atoms with Gasteiger partial charge in [0, 0.05) is 26.2 Å². The van der Waals surface area contributed by atoms with E-state index in [2.05, 4.69) is 71.3 Å². The summed E-state index contributed by atoms with van der Waals surface area (Å²) in [6.07, 6.45) is 3.24. The summed E-state index contributed by atoms with van der Waals surface area (Å²) in [6.45, 7) is 8.11. The summed E-state index contributed by atoms with van der Waals surface area (Å²) in [5.74, 6) is 0.610. The number of rotatable bonds is 9. The molecular weight excluding hydrogens is 677 g/mol. The highest BCUT2D eigenvalue weighted by Crippen LogP contribution is 2.38. The van der Waals surface area contributed by atoms with Crippen molar-refractivity contribution < 1.29 is 19.0 Å². The standard InChI is InChI=1S/C33H34IN3O5S/c1-7-9-26-29(32(39)42-8-2)30(25-18-24(40-5)14-15-27(25)41-6)37-31(38)28(43-33(37)35-26)17-21-16-19(3)36(20(21)4)23-12-10-22(34)11-13-23/h10-18,30H,7-9H2,1-6H3/b28-17-/t30-/m0/s1. The summed E-state index contributed by atoms with van der Waals surface area (Å²) in [6, 6.07) is 15.0. The van der Waals surface area contributed by atoms with Gasteiger partial charge in [0.25, 0.3) is 5.56 Å². The highest BCUT2D eigenvalue weighted by Gasteiger charge is 2.36. The number of hydrogen-bond acceptors (Lipinski definition) is 7. The van der Waals surface area contributed by atoms with E-state index < -0.39 is 12.0 Å². The molecule has 1 aliphatic heterocycles. The largest absolute Gasteiger partial charge is 0.497 e. The number of thiazole rings is 1. The highest BCUT2D eigenvalue weighted by molar-refractivity contribution is 14.1. The molecule has 3 heterocycles. The summed E-state index contributed by atoms with van der Waals surface area (Å²) in [5, 5.41) is 0. The summed E-state index contributed by atoms with van der Waals surface area (Å²) in [4.78, 5) is 33.2. The molecule has 0 amide bonds. The number of esters is 1. The average Bonchev–Trinajstić information content (AvgIpc) is 3.46. The summed E-state index contributed by atoms with van der Waals surface area (Å²) < 4.78 is 22.3. The Morgan fingerprint density at radius 3 is 2.47 bits per heavy atom. The van der Waals surface area contributed by atoms with Gasteiger partial charge in [0.15, 0.2) is 4.80 Å². The van der Waals surface area contributed by atoms with Crippen molar-refractivity contribution in [3.05, 3.63) is 106 Å². The first kappa shape index (κ1) is 30.8. The quantitative estimate of drug-likeness (QED) is 0.167. The van der Waals surface area contributed by atoms with Gasteiger partial charge in [-0.3, -0.25) is 9.36 Å². The minimum atomic E-state index is -0.803. The van der Waals surface area contributed by atoms with Crippen LogP contribution < -0.4 is 24.4 Å². The lowest BCUT2D eigenvalue weighted by Crippen LogP contribution is -2.40. The van der Waals surface area contributed by atoms with E-state index in [4.69, 9.17) is 19.2 Å². The van der Waals surface area contributed by atoms with Crippen LogP contribution in [0.1, 0.15) is 55.2 Å². The number of carbonyl (C=O) groups is 1. The number of ether oxygens (including phenoxy) is 3. The van der Waals surface area contributed by atoms with Crippen molar-refractivity contribution in [1.82, 2.24) is 9.13 Å². The predicted molar refractivity (Wildman–Crippen MR) is 177 cm³/mol. The van der Waals surface area contributed by atoms with E-state index in [1.54, 1.807) is 37.8 Å². The van der Waals surface area contributed by atoms with Crippen LogP contribution >= 0.6 is 33.9 Å². The van der Waals surface area contributed by atoms with Crippen LogP contribution in [0.15, 0.2) is 69.6 Å². The summed E-state index contributed by atoms with van der Waals surface area (Å²) in [7, 11) is 3.15. The van der Waals surface area contributed by atoms with Gasteiger partial charge >= 0.3 is 5.97 Å². The zero-order valence-corrected chi connectivity index (χ0v) is 28.0. The molecule has 1 aliphatic rings. The molecule has 5 rings (SSSR count). The van der Waals surface area contributed by atoms with Crippen LogP contribution in [0.25, 0.3) is 11.8 Å². The van der Waals surface area contributed by atoms with Crippen molar-refractivity contribution in [2.75, 3.05) is 20.8 Å². The minimum Gasteiger partial charge on any atom is -0.497 e. The summed E-state index contributed by atoms with van der Waals surface area (Å²) in [5.41, 5.74) is 5.42. The van der Waals surface area contributed by atoms with Gasteiger partial charge in [-0.1, -0.05) is 24.7 Å². The molecule has 0 saturated carbocycles. The molecule has 4 aromatic rings. The Bertz CT molecular complexity index is 1900. The second kappa shape index (κ2) is 12.9. The van der Waals surface area contributed by atoms with Crippen LogP contribution in [-0.4, -0.2) is 35.9 Å². The number of halogens is 1. The fourth-order valence-corrected chi connectivity index (χ4v) is 6.90. The molecule has 43 heavy (non-hydrogen) atoms. The van der Waals surface area contributed by atoms with Gasteiger partial charge in [0.1, 0.15) is 17.5 Å². The minimum absolute atomic E-state index is 0.199. The molecule has 2 aromatic carbocycles. The second-order valence-corrected chi connectivity index (χ2v) is 12.4. The van der Waals surface area contributed by atoms with Crippen molar-refractivity contribution in [1.29, 1.82) is 0 Å². The van der Waals surface area contributed by atoms with Crippen LogP contribution in [0.5, 0.6) is 11.5 Å². The molecule has 0 saturated heterocycles. The highest BCUT2D eigenvalue weighted by atomic mass is 127. The number of aromatic nitrogens is 2. The first-order chi connectivity index (χ1) is 20.7. The number of benzene rings is 2. The number of hydrogen-bond donors (Lipinski definition) is 0. The Hall–Kier alpha value is -3.64. The van der Waals surface area contributed by atoms with E-state index >= 15 is 0 Å². The maximum Gasteiger partial charge on any atom is 0.338 e. The third-order valence-electron chi connectivity index (χ3n) is 7.47. The Balaban J connectivity index is 1.76. The van der Waals surface area contributed by atoms with Gasteiger partial charge in [-0.05, 0) is 110 Å². The molecule has 0 radical (unpaired) electrons. The molecule has 0 fully saturated rings. The van der Waals surface area contributed by atoms with Crippen LogP contribution in [0.3, 0.4) is 0 Å². The smallest absolute Gasteiger partial charge is 0.338 e. The average molecular weight is 712 g/mol. The predicted octanol–water partition coefficient (Wildman–Crippen LogP) is 5.61. The van der Waals surface area contributed by atoms with E-state index in [0.29, 0.717) is 44.1 Å². The monoisotopic (exact) mass is 711 g/mol.